The smallest absolute Gasteiger partial charge is 0.218 e. The minimum absolute atomic E-state index is 0.240. The number of aryl methyl sites for hydroxylation is 1. The van der Waals surface area contributed by atoms with Gasteiger partial charge in [-0.25, -0.2) is 4.98 Å². The van der Waals surface area contributed by atoms with Gasteiger partial charge in [-0.2, -0.15) is 4.98 Å². The van der Waals surface area contributed by atoms with Gasteiger partial charge in [-0.15, -0.1) is 0 Å². The number of methoxy groups -OCH3 is 1. The molecule has 0 aliphatic heterocycles. The van der Waals surface area contributed by atoms with E-state index in [-0.39, 0.29) is 6.04 Å². The van der Waals surface area contributed by atoms with E-state index in [0.717, 1.165) is 12.2 Å². The minimum Gasteiger partial charge on any atom is -0.481 e. The molecule has 15 heavy (non-hydrogen) atoms. The molecule has 1 aromatic heterocycles. The molecule has 0 saturated carbocycles. The molecule has 84 valence electrons. The number of nitrogens with one attached hydrogen (secondary N) is 1. The summed E-state index contributed by atoms with van der Waals surface area (Å²) in [6.07, 6.45) is 0.960. The van der Waals surface area contributed by atoms with Crippen molar-refractivity contribution in [2.75, 3.05) is 19.0 Å². The molecule has 5 heteroatoms. The molecule has 0 spiro atoms. The van der Waals surface area contributed by atoms with Gasteiger partial charge in [0.2, 0.25) is 5.88 Å². The van der Waals surface area contributed by atoms with Crippen LogP contribution in [0.15, 0.2) is 6.07 Å². The summed E-state index contributed by atoms with van der Waals surface area (Å²) in [4.78, 5) is 8.37. The van der Waals surface area contributed by atoms with Gasteiger partial charge < -0.3 is 15.8 Å². The van der Waals surface area contributed by atoms with Crippen molar-refractivity contribution >= 4 is 5.82 Å². The molecular formula is C10H18N4O. The van der Waals surface area contributed by atoms with Crippen molar-refractivity contribution in [1.29, 1.82) is 0 Å². The van der Waals surface area contributed by atoms with E-state index in [9.17, 15) is 0 Å². The van der Waals surface area contributed by atoms with Crippen molar-refractivity contribution in [3.05, 3.63) is 11.9 Å². The third kappa shape index (κ3) is 3.36. The molecule has 1 aromatic rings. The van der Waals surface area contributed by atoms with Crippen molar-refractivity contribution in [1.82, 2.24) is 9.97 Å². The number of anilines is 1. The molecule has 0 aromatic carbocycles. The molecule has 1 unspecified atom stereocenters. The second-order valence-electron chi connectivity index (χ2n) is 3.33. The zero-order valence-corrected chi connectivity index (χ0v) is 9.45. The quantitative estimate of drug-likeness (QED) is 0.756. The average Bonchev–Trinajstić information content (AvgIpc) is 2.25. The monoisotopic (exact) mass is 210 g/mol. The number of hydrogen-bond donors (Lipinski definition) is 2. The molecule has 0 amide bonds. The molecule has 0 aliphatic carbocycles. The van der Waals surface area contributed by atoms with E-state index in [1.165, 1.54) is 0 Å². The van der Waals surface area contributed by atoms with E-state index in [1.807, 2.05) is 6.92 Å². The standard InChI is InChI=1S/C10H18N4O/c1-4-8(6-11)14-9-5-10(15-3)13-7(2)12-9/h5,8H,4,6,11H2,1-3H3,(H,12,13,14). The molecule has 0 fully saturated rings. The Morgan fingerprint density at radius 2 is 2.27 bits per heavy atom. The van der Waals surface area contributed by atoms with Crippen LogP contribution in [0.3, 0.4) is 0 Å². The predicted molar refractivity (Wildman–Crippen MR) is 60.1 cm³/mol. The first kappa shape index (κ1) is 11.7. The van der Waals surface area contributed by atoms with Crippen LogP contribution in [0.4, 0.5) is 5.82 Å². The highest BCUT2D eigenvalue weighted by atomic mass is 16.5. The predicted octanol–water partition coefficient (Wildman–Crippen LogP) is 0.943. The van der Waals surface area contributed by atoms with Crippen LogP contribution in [0, 0.1) is 6.92 Å². The summed E-state index contributed by atoms with van der Waals surface area (Å²) in [5.74, 6) is 2.01. The maximum absolute atomic E-state index is 5.60. The average molecular weight is 210 g/mol. The van der Waals surface area contributed by atoms with E-state index in [4.69, 9.17) is 10.5 Å². The first-order valence-corrected chi connectivity index (χ1v) is 5.05. The van der Waals surface area contributed by atoms with Gasteiger partial charge in [-0.05, 0) is 13.3 Å². The highest BCUT2D eigenvalue weighted by Gasteiger charge is 2.06. The Morgan fingerprint density at radius 1 is 1.53 bits per heavy atom. The molecular weight excluding hydrogens is 192 g/mol. The van der Waals surface area contributed by atoms with Gasteiger partial charge in [-0.1, -0.05) is 6.92 Å². The zero-order valence-electron chi connectivity index (χ0n) is 9.45. The maximum Gasteiger partial charge on any atom is 0.218 e. The molecule has 1 rings (SSSR count). The number of nitrogens with two attached hydrogens (primary N) is 1. The lowest BCUT2D eigenvalue weighted by Crippen LogP contribution is -2.28. The second kappa shape index (κ2) is 5.50. The van der Waals surface area contributed by atoms with Crippen molar-refractivity contribution in [2.45, 2.75) is 26.3 Å². The van der Waals surface area contributed by atoms with Gasteiger partial charge >= 0.3 is 0 Å². The maximum atomic E-state index is 5.60. The van der Waals surface area contributed by atoms with Crippen LogP contribution >= 0.6 is 0 Å². The first-order chi connectivity index (χ1) is 7.19. The summed E-state index contributed by atoms with van der Waals surface area (Å²) in [7, 11) is 1.59. The fourth-order valence-electron chi connectivity index (χ4n) is 1.26. The van der Waals surface area contributed by atoms with Crippen molar-refractivity contribution < 1.29 is 4.74 Å². The Bertz CT molecular complexity index is 312. The number of hydrogen-bond acceptors (Lipinski definition) is 5. The van der Waals surface area contributed by atoms with Gasteiger partial charge in [0.05, 0.1) is 7.11 Å². The van der Waals surface area contributed by atoms with Gasteiger partial charge in [0.15, 0.2) is 0 Å². The third-order valence-corrected chi connectivity index (χ3v) is 2.15. The lowest BCUT2D eigenvalue weighted by atomic mass is 10.2. The van der Waals surface area contributed by atoms with Crippen LogP contribution in [0.25, 0.3) is 0 Å². The fraction of sp³-hybridized carbons (Fsp3) is 0.600. The van der Waals surface area contributed by atoms with Crippen molar-refractivity contribution in [3.63, 3.8) is 0 Å². The van der Waals surface area contributed by atoms with Gasteiger partial charge in [0.25, 0.3) is 0 Å². The van der Waals surface area contributed by atoms with Crippen LogP contribution < -0.4 is 15.8 Å². The second-order valence-corrected chi connectivity index (χ2v) is 3.33. The van der Waals surface area contributed by atoms with Crippen LogP contribution in [0.2, 0.25) is 0 Å². The summed E-state index contributed by atoms with van der Waals surface area (Å²) in [6, 6.07) is 2.01. The topological polar surface area (TPSA) is 73.1 Å². The van der Waals surface area contributed by atoms with E-state index in [2.05, 4.69) is 22.2 Å². The molecule has 1 heterocycles. The lowest BCUT2D eigenvalue weighted by Gasteiger charge is -2.15. The Morgan fingerprint density at radius 3 is 2.80 bits per heavy atom. The van der Waals surface area contributed by atoms with Gasteiger partial charge in [0.1, 0.15) is 11.6 Å². The number of nitrogens with zero attached hydrogens (tertiary/aromatic N) is 2. The Labute approximate surface area is 90.1 Å². The Hall–Kier alpha value is -1.36. The van der Waals surface area contributed by atoms with E-state index >= 15 is 0 Å². The first-order valence-electron chi connectivity index (χ1n) is 5.05. The largest absolute Gasteiger partial charge is 0.481 e. The van der Waals surface area contributed by atoms with Crippen molar-refractivity contribution in [2.24, 2.45) is 5.73 Å². The molecule has 0 aliphatic rings. The summed E-state index contributed by atoms with van der Waals surface area (Å²) in [6.45, 7) is 4.49. The fourth-order valence-corrected chi connectivity index (χ4v) is 1.26. The summed E-state index contributed by atoms with van der Waals surface area (Å²) < 4.78 is 5.06. The summed E-state index contributed by atoms with van der Waals surface area (Å²) >= 11 is 0. The molecule has 0 saturated heterocycles. The molecule has 0 radical (unpaired) electrons. The third-order valence-electron chi connectivity index (χ3n) is 2.15. The van der Waals surface area contributed by atoms with Crippen LogP contribution in [0.5, 0.6) is 5.88 Å². The normalized spacial score (nSPS) is 12.3. The Balaban J connectivity index is 2.79. The zero-order chi connectivity index (χ0) is 11.3. The lowest BCUT2D eigenvalue weighted by molar-refractivity contribution is 0.396. The molecule has 1 atom stereocenters. The van der Waals surface area contributed by atoms with Crippen LogP contribution in [-0.2, 0) is 0 Å². The van der Waals surface area contributed by atoms with E-state index < -0.39 is 0 Å². The highest BCUT2D eigenvalue weighted by Crippen LogP contribution is 2.13. The number of rotatable bonds is 5. The van der Waals surface area contributed by atoms with E-state index in [0.29, 0.717) is 18.2 Å². The molecule has 0 bridgehead atoms. The molecule has 5 nitrogen and oxygen atoms in total. The number of ether oxygens (including phenoxy) is 1. The van der Waals surface area contributed by atoms with Crippen molar-refractivity contribution in [3.8, 4) is 5.88 Å². The molecule has 3 N–H and O–H groups in total. The Kier molecular flexibility index (Phi) is 4.30. The van der Waals surface area contributed by atoms with Gasteiger partial charge in [-0.3, -0.25) is 0 Å². The number of aromatic nitrogens is 2. The van der Waals surface area contributed by atoms with Crippen LogP contribution in [-0.4, -0.2) is 29.7 Å². The van der Waals surface area contributed by atoms with Gasteiger partial charge in [0, 0.05) is 18.7 Å². The minimum atomic E-state index is 0.240. The highest BCUT2D eigenvalue weighted by molar-refractivity contribution is 5.39. The van der Waals surface area contributed by atoms with E-state index in [1.54, 1.807) is 13.2 Å². The van der Waals surface area contributed by atoms with Crippen LogP contribution in [0.1, 0.15) is 19.2 Å². The SMILES string of the molecule is CCC(CN)Nc1cc(OC)nc(C)n1. The summed E-state index contributed by atoms with van der Waals surface area (Å²) in [5, 5.41) is 3.24. The summed E-state index contributed by atoms with van der Waals surface area (Å²) in [5.41, 5.74) is 5.60.